The molecule has 0 aliphatic heterocycles. The number of benzene rings is 1. The quantitative estimate of drug-likeness (QED) is 0.760. The van der Waals surface area contributed by atoms with Gasteiger partial charge in [0.15, 0.2) is 0 Å². The van der Waals surface area contributed by atoms with Crippen LogP contribution in [0.15, 0.2) is 30.3 Å². The van der Waals surface area contributed by atoms with Crippen LogP contribution in [0.1, 0.15) is 18.2 Å². The fourth-order valence-corrected chi connectivity index (χ4v) is 1.86. The molecule has 0 unspecified atom stereocenters. The Labute approximate surface area is 113 Å². The summed E-state index contributed by atoms with van der Waals surface area (Å²) in [6, 6.07) is 10.1. The molecule has 2 rings (SSSR count). The van der Waals surface area contributed by atoms with Gasteiger partial charge in [0, 0.05) is 17.6 Å². The van der Waals surface area contributed by atoms with E-state index < -0.39 is 5.54 Å². The monoisotopic (exact) mass is 260 g/mol. The van der Waals surface area contributed by atoms with Gasteiger partial charge in [-0.25, -0.2) is 0 Å². The Bertz CT molecular complexity index is 565. The summed E-state index contributed by atoms with van der Waals surface area (Å²) in [5.74, 6) is 0. The molecule has 0 aliphatic carbocycles. The van der Waals surface area contributed by atoms with Crippen LogP contribution in [0.3, 0.4) is 0 Å². The van der Waals surface area contributed by atoms with Gasteiger partial charge >= 0.3 is 0 Å². The summed E-state index contributed by atoms with van der Waals surface area (Å²) in [7, 11) is 0. The van der Waals surface area contributed by atoms with E-state index in [0.29, 0.717) is 6.54 Å². The smallest absolute Gasteiger partial charge is 0.0705 e. The van der Waals surface area contributed by atoms with Gasteiger partial charge in [-0.1, -0.05) is 12.1 Å². The van der Waals surface area contributed by atoms with E-state index in [2.05, 4.69) is 22.4 Å². The molecule has 0 bridgehead atoms. The van der Waals surface area contributed by atoms with Crippen LogP contribution in [0.4, 0.5) is 0 Å². The normalized spacial score (nSPS) is 12.0. The third-order valence-corrected chi connectivity index (χ3v) is 3.31. The van der Waals surface area contributed by atoms with E-state index in [1.165, 1.54) is 0 Å². The second kappa shape index (κ2) is 5.65. The largest absolute Gasteiger partial charge is 0.394 e. The topological polar surface area (TPSA) is 65.4 Å². The number of rotatable bonds is 5. The van der Waals surface area contributed by atoms with Crippen molar-refractivity contribution in [1.82, 2.24) is 10.3 Å². The van der Waals surface area contributed by atoms with Crippen LogP contribution < -0.4 is 5.32 Å². The van der Waals surface area contributed by atoms with Crippen LogP contribution in [0.2, 0.25) is 0 Å². The summed E-state index contributed by atoms with van der Waals surface area (Å²) in [6.45, 7) is 4.17. The maximum absolute atomic E-state index is 9.23. The highest BCUT2D eigenvalue weighted by atomic mass is 16.3. The van der Waals surface area contributed by atoms with Gasteiger partial charge in [0.05, 0.1) is 24.3 Å². The highest BCUT2D eigenvalue weighted by Gasteiger charge is 2.20. The first kappa shape index (κ1) is 13.9. The van der Waals surface area contributed by atoms with Crippen molar-refractivity contribution in [2.75, 3.05) is 13.2 Å². The van der Waals surface area contributed by atoms with Gasteiger partial charge < -0.3 is 15.5 Å². The number of hydrogen-bond donors (Lipinski definition) is 3. The molecule has 4 nitrogen and oxygen atoms in total. The fraction of sp³-hybridized carbons (Fsp3) is 0.400. The van der Waals surface area contributed by atoms with E-state index in [0.717, 1.165) is 22.2 Å². The summed E-state index contributed by atoms with van der Waals surface area (Å²) < 4.78 is 0. The summed E-state index contributed by atoms with van der Waals surface area (Å²) in [4.78, 5) is 4.46. The average Bonchev–Trinajstić information content (AvgIpc) is 2.44. The second-order valence-corrected chi connectivity index (χ2v) is 5.21. The lowest BCUT2D eigenvalue weighted by Crippen LogP contribution is -2.48. The molecule has 4 heteroatoms. The van der Waals surface area contributed by atoms with Crippen molar-refractivity contribution < 1.29 is 10.2 Å². The van der Waals surface area contributed by atoms with E-state index in [1.807, 2.05) is 25.1 Å². The minimum atomic E-state index is -0.652. The van der Waals surface area contributed by atoms with Crippen LogP contribution >= 0.6 is 0 Å². The number of nitrogens with one attached hydrogen (secondary N) is 1. The van der Waals surface area contributed by atoms with Crippen LogP contribution in [0.25, 0.3) is 10.9 Å². The number of aliphatic hydroxyl groups is 2. The van der Waals surface area contributed by atoms with Gasteiger partial charge in [0.2, 0.25) is 0 Å². The molecule has 0 atom stereocenters. The van der Waals surface area contributed by atoms with Crippen molar-refractivity contribution in [2.45, 2.75) is 25.9 Å². The maximum Gasteiger partial charge on any atom is 0.0705 e. The van der Waals surface area contributed by atoms with Gasteiger partial charge in [-0.15, -0.1) is 0 Å². The standard InChI is InChI=1S/C15H20N2O2/c1-11-3-5-13-7-12(4-6-14(13)17-11)8-16-15(2,9-18)10-19/h3-7,16,18-19H,8-10H2,1-2H3. The van der Waals surface area contributed by atoms with Crippen molar-refractivity contribution >= 4 is 10.9 Å². The van der Waals surface area contributed by atoms with Crippen LogP contribution in [-0.2, 0) is 6.54 Å². The second-order valence-electron chi connectivity index (χ2n) is 5.21. The van der Waals surface area contributed by atoms with Gasteiger partial charge in [0.25, 0.3) is 0 Å². The number of hydrogen-bond acceptors (Lipinski definition) is 4. The Morgan fingerprint density at radius 3 is 2.58 bits per heavy atom. The first-order valence-corrected chi connectivity index (χ1v) is 6.39. The average molecular weight is 260 g/mol. The van der Waals surface area contributed by atoms with Gasteiger partial charge in [0.1, 0.15) is 0 Å². The summed E-state index contributed by atoms with van der Waals surface area (Å²) in [5, 5.41) is 22.7. The van der Waals surface area contributed by atoms with Crippen molar-refractivity contribution in [2.24, 2.45) is 0 Å². The van der Waals surface area contributed by atoms with Crippen molar-refractivity contribution in [3.63, 3.8) is 0 Å². The molecule has 0 amide bonds. The Hall–Kier alpha value is -1.49. The Balaban J connectivity index is 2.16. The lowest BCUT2D eigenvalue weighted by Gasteiger charge is -2.26. The fourth-order valence-electron chi connectivity index (χ4n) is 1.86. The van der Waals surface area contributed by atoms with Gasteiger partial charge in [-0.05, 0) is 37.6 Å². The van der Waals surface area contributed by atoms with Crippen LogP contribution in [-0.4, -0.2) is 33.9 Å². The molecule has 0 spiro atoms. The van der Waals surface area contributed by atoms with Crippen LogP contribution in [0, 0.1) is 6.92 Å². The molecule has 19 heavy (non-hydrogen) atoms. The summed E-state index contributed by atoms with van der Waals surface area (Å²) >= 11 is 0. The highest BCUT2D eigenvalue weighted by Crippen LogP contribution is 2.15. The number of pyridine rings is 1. The number of nitrogens with zero attached hydrogens (tertiary/aromatic N) is 1. The summed E-state index contributed by atoms with van der Waals surface area (Å²) in [6.07, 6.45) is 0. The molecule has 1 heterocycles. The first-order valence-electron chi connectivity index (χ1n) is 6.39. The van der Waals surface area contributed by atoms with Crippen molar-refractivity contribution in [3.05, 3.63) is 41.6 Å². The minimum Gasteiger partial charge on any atom is -0.394 e. The molecule has 2 aromatic rings. The highest BCUT2D eigenvalue weighted by molar-refractivity contribution is 5.79. The molecule has 102 valence electrons. The molecule has 0 saturated heterocycles. The van der Waals surface area contributed by atoms with E-state index in [4.69, 9.17) is 0 Å². The van der Waals surface area contributed by atoms with Crippen LogP contribution in [0.5, 0.6) is 0 Å². The zero-order chi connectivity index (χ0) is 13.9. The predicted molar refractivity (Wildman–Crippen MR) is 75.9 cm³/mol. The molecular formula is C15H20N2O2. The SMILES string of the molecule is Cc1ccc2cc(CNC(C)(CO)CO)ccc2n1. The third-order valence-electron chi connectivity index (χ3n) is 3.31. The Morgan fingerprint density at radius 2 is 1.89 bits per heavy atom. The van der Waals surface area contributed by atoms with E-state index in [1.54, 1.807) is 6.92 Å². The van der Waals surface area contributed by atoms with Gasteiger partial charge in [-0.3, -0.25) is 4.98 Å². The molecule has 3 N–H and O–H groups in total. The zero-order valence-electron chi connectivity index (χ0n) is 11.3. The molecule has 1 aromatic heterocycles. The molecule has 1 aromatic carbocycles. The Morgan fingerprint density at radius 1 is 1.16 bits per heavy atom. The van der Waals surface area contributed by atoms with Crippen molar-refractivity contribution in [3.8, 4) is 0 Å². The summed E-state index contributed by atoms with van der Waals surface area (Å²) in [5.41, 5.74) is 2.44. The molecule has 0 fully saturated rings. The first-order chi connectivity index (χ1) is 9.06. The molecule has 0 saturated carbocycles. The number of aliphatic hydroxyl groups excluding tert-OH is 2. The third kappa shape index (κ3) is 3.29. The number of aromatic nitrogens is 1. The Kier molecular flexibility index (Phi) is 4.14. The van der Waals surface area contributed by atoms with Gasteiger partial charge in [-0.2, -0.15) is 0 Å². The number of aryl methyl sites for hydroxylation is 1. The predicted octanol–water partition coefficient (Wildman–Crippen LogP) is 1.38. The zero-order valence-corrected chi connectivity index (χ0v) is 11.3. The molecule has 0 aliphatic rings. The molecular weight excluding hydrogens is 240 g/mol. The lowest BCUT2D eigenvalue weighted by atomic mass is 10.0. The van der Waals surface area contributed by atoms with E-state index >= 15 is 0 Å². The minimum absolute atomic E-state index is 0.0994. The van der Waals surface area contributed by atoms with Crippen molar-refractivity contribution in [1.29, 1.82) is 0 Å². The molecule has 0 radical (unpaired) electrons. The lowest BCUT2D eigenvalue weighted by molar-refractivity contribution is 0.103. The van der Waals surface area contributed by atoms with E-state index in [9.17, 15) is 10.2 Å². The number of fused-ring (bicyclic) bond motifs is 1. The van der Waals surface area contributed by atoms with E-state index in [-0.39, 0.29) is 13.2 Å². The maximum atomic E-state index is 9.23.